The number of piperidine rings is 1. The Kier molecular flexibility index (Phi) is 6.27. The lowest BCUT2D eigenvalue weighted by Gasteiger charge is -2.38. The number of alkyl halides is 2. The van der Waals surface area contributed by atoms with Gasteiger partial charge < -0.3 is 15.0 Å². The Bertz CT molecular complexity index is 1110. The topological polar surface area (TPSA) is 95.3 Å². The van der Waals surface area contributed by atoms with Crippen LogP contribution in [0.25, 0.3) is 11.1 Å². The molecule has 2 heterocycles. The summed E-state index contributed by atoms with van der Waals surface area (Å²) in [7, 11) is 0. The Labute approximate surface area is 190 Å². The lowest BCUT2D eigenvalue weighted by Crippen LogP contribution is -2.55. The molecule has 1 aliphatic heterocycles. The highest BCUT2D eigenvalue weighted by Crippen LogP contribution is 2.34. The highest BCUT2D eigenvalue weighted by atomic mass is 19.3. The molecule has 1 aromatic heterocycles. The van der Waals surface area contributed by atoms with Crippen molar-refractivity contribution in [3.63, 3.8) is 0 Å². The second-order valence-corrected chi connectivity index (χ2v) is 8.34. The first-order valence-corrected chi connectivity index (χ1v) is 10.9. The van der Waals surface area contributed by atoms with E-state index in [1.165, 1.54) is 6.07 Å². The molecular formula is C24H24F2N4O3. The molecule has 1 saturated heterocycles. The summed E-state index contributed by atoms with van der Waals surface area (Å²) in [5.74, 6) is -3.08. The number of amides is 2. The average molecular weight is 454 g/mol. The van der Waals surface area contributed by atoms with E-state index >= 15 is 0 Å². The molecule has 1 N–H and O–H groups in total. The molecule has 2 aliphatic rings. The van der Waals surface area contributed by atoms with Crippen molar-refractivity contribution in [1.82, 2.24) is 9.88 Å². The first-order valence-electron chi connectivity index (χ1n) is 10.9. The molecule has 2 fully saturated rings. The van der Waals surface area contributed by atoms with E-state index in [4.69, 9.17) is 4.74 Å². The number of nitrogens with zero attached hydrogens (tertiary/aromatic N) is 3. The summed E-state index contributed by atoms with van der Waals surface area (Å²) in [5.41, 5.74) is 1.50. The number of carbonyl (C=O) groups excluding carboxylic acids is 2. The number of benzene rings is 1. The van der Waals surface area contributed by atoms with E-state index in [-0.39, 0.29) is 48.4 Å². The zero-order valence-corrected chi connectivity index (χ0v) is 18.2. The minimum absolute atomic E-state index is 0.0280. The van der Waals surface area contributed by atoms with E-state index < -0.39 is 18.6 Å². The van der Waals surface area contributed by atoms with Gasteiger partial charge in [-0.2, -0.15) is 5.26 Å². The number of aromatic nitrogens is 1. The van der Waals surface area contributed by atoms with Gasteiger partial charge in [0.25, 0.3) is 0 Å². The van der Waals surface area contributed by atoms with Gasteiger partial charge in [0.1, 0.15) is 17.6 Å². The zero-order chi connectivity index (χ0) is 23.6. The van der Waals surface area contributed by atoms with Crippen LogP contribution in [0.4, 0.5) is 14.6 Å². The van der Waals surface area contributed by atoms with Crippen LogP contribution >= 0.6 is 0 Å². The lowest BCUT2D eigenvalue weighted by molar-refractivity contribution is -0.159. The molecule has 172 valence electrons. The van der Waals surface area contributed by atoms with Gasteiger partial charge in [0.15, 0.2) is 6.10 Å². The Morgan fingerprint density at radius 2 is 2.00 bits per heavy atom. The third kappa shape index (κ3) is 5.11. The van der Waals surface area contributed by atoms with Gasteiger partial charge in [-0.3, -0.25) is 9.59 Å². The van der Waals surface area contributed by atoms with Gasteiger partial charge in [0.2, 0.25) is 11.8 Å². The van der Waals surface area contributed by atoms with Gasteiger partial charge in [-0.05, 0) is 48.2 Å². The van der Waals surface area contributed by atoms with Gasteiger partial charge in [-0.15, -0.1) is 0 Å². The van der Waals surface area contributed by atoms with Gasteiger partial charge in [0, 0.05) is 31.5 Å². The average Bonchev–Trinajstić information content (AvgIpc) is 3.65. The summed E-state index contributed by atoms with van der Waals surface area (Å²) in [4.78, 5) is 29.1. The molecule has 0 radical (unpaired) electrons. The van der Waals surface area contributed by atoms with Crippen LogP contribution in [0.3, 0.4) is 0 Å². The molecule has 7 nitrogen and oxygen atoms in total. The maximum atomic E-state index is 14.6. The van der Waals surface area contributed by atoms with Gasteiger partial charge in [-0.1, -0.05) is 13.0 Å². The molecule has 0 bridgehead atoms. The summed E-state index contributed by atoms with van der Waals surface area (Å²) in [6.07, 6.45) is 2.03. The maximum absolute atomic E-state index is 14.6. The SMILES string of the molecule is CCC(=O)N1CC[C@H](Oc2ccc(-c3ccnc(NC(=O)C4CC4)c3)cc2C#N)C(F)(F)C1. The zero-order valence-electron chi connectivity index (χ0n) is 18.2. The van der Waals surface area contributed by atoms with E-state index in [0.29, 0.717) is 11.4 Å². The summed E-state index contributed by atoms with van der Waals surface area (Å²) >= 11 is 0. The number of nitriles is 1. The van der Waals surface area contributed by atoms with Crippen LogP contribution < -0.4 is 10.1 Å². The minimum Gasteiger partial charge on any atom is -0.483 e. The van der Waals surface area contributed by atoms with E-state index in [2.05, 4.69) is 10.3 Å². The van der Waals surface area contributed by atoms with E-state index in [1.54, 1.807) is 37.4 Å². The number of carbonyl (C=O) groups is 2. The fraction of sp³-hybridized carbons (Fsp3) is 0.417. The molecule has 1 aromatic carbocycles. The molecule has 0 spiro atoms. The number of likely N-dealkylation sites (tertiary alicyclic amines) is 1. The smallest absolute Gasteiger partial charge is 0.301 e. The van der Waals surface area contributed by atoms with Gasteiger partial charge >= 0.3 is 5.92 Å². The second kappa shape index (κ2) is 9.14. The van der Waals surface area contributed by atoms with E-state index in [9.17, 15) is 23.6 Å². The van der Waals surface area contributed by atoms with Crippen molar-refractivity contribution in [3.05, 3.63) is 42.1 Å². The number of anilines is 1. The minimum atomic E-state index is -3.23. The van der Waals surface area contributed by atoms with E-state index in [0.717, 1.165) is 23.3 Å². The number of pyridine rings is 1. The van der Waals surface area contributed by atoms with Gasteiger partial charge in [-0.25, -0.2) is 13.8 Å². The first kappa shape index (κ1) is 22.6. The largest absolute Gasteiger partial charge is 0.483 e. The van der Waals surface area contributed by atoms with Crippen LogP contribution in [0.15, 0.2) is 36.5 Å². The Hall–Kier alpha value is -3.54. The second-order valence-electron chi connectivity index (χ2n) is 8.34. The van der Waals surface area contributed by atoms with Crippen LogP contribution in [0.2, 0.25) is 0 Å². The molecule has 1 saturated carbocycles. The molecule has 4 rings (SSSR count). The van der Waals surface area contributed by atoms with Crippen molar-refractivity contribution < 1.29 is 23.1 Å². The highest BCUT2D eigenvalue weighted by Gasteiger charge is 2.47. The maximum Gasteiger partial charge on any atom is 0.301 e. The number of ether oxygens (including phenoxy) is 1. The third-order valence-electron chi connectivity index (χ3n) is 5.85. The van der Waals surface area contributed by atoms with Crippen molar-refractivity contribution >= 4 is 17.6 Å². The third-order valence-corrected chi connectivity index (χ3v) is 5.85. The van der Waals surface area contributed by atoms with Crippen molar-refractivity contribution in [2.24, 2.45) is 5.92 Å². The molecule has 33 heavy (non-hydrogen) atoms. The molecule has 2 aromatic rings. The molecule has 1 aliphatic carbocycles. The van der Waals surface area contributed by atoms with Crippen LogP contribution in [0.1, 0.15) is 38.2 Å². The summed E-state index contributed by atoms with van der Waals surface area (Å²) in [6, 6.07) is 10.2. The summed E-state index contributed by atoms with van der Waals surface area (Å²) in [5, 5.41) is 12.4. The number of hydrogen-bond donors (Lipinski definition) is 1. The quantitative estimate of drug-likeness (QED) is 0.712. The van der Waals surface area contributed by atoms with E-state index in [1.807, 2.05) is 6.07 Å². The van der Waals surface area contributed by atoms with Crippen LogP contribution in [0, 0.1) is 17.2 Å². The molecule has 2 amide bonds. The lowest BCUT2D eigenvalue weighted by atomic mass is 10.0. The predicted octanol–water partition coefficient (Wildman–Crippen LogP) is 3.99. The number of halogens is 2. The number of rotatable bonds is 6. The molecular weight excluding hydrogens is 430 g/mol. The molecule has 0 unspecified atom stereocenters. The number of nitrogens with one attached hydrogen (secondary N) is 1. The summed E-state index contributed by atoms with van der Waals surface area (Å²) in [6.45, 7) is 1.12. The Morgan fingerprint density at radius 1 is 1.24 bits per heavy atom. The van der Waals surface area contributed by atoms with Crippen LogP contribution in [0.5, 0.6) is 5.75 Å². The first-order chi connectivity index (χ1) is 15.8. The van der Waals surface area contributed by atoms with Crippen LogP contribution in [-0.2, 0) is 9.59 Å². The Morgan fingerprint density at radius 3 is 2.67 bits per heavy atom. The van der Waals surface area contributed by atoms with Crippen molar-refractivity contribution in [2.45, 2.75) is 44.6 Å². The summed E-state index contributed by atoms with van der Waals surface area (Å²) < 4.78 is 34.9. The number of hydrogen-bond acceptors (Lipinski definition) is 5. The van der Waals surface area contributed by atoms with Crippen molar-refractivity contribution in [1.29, 1.82) is 5.26 Å². The standard InChI is InChI=1S/C24H24F2N4O3/c1-2-22(31)30-10-8-20(24(25,26)14-30)33-19-6-5-16(11-18(19)13-27)17-7-9-28-21(12-17)29-23(32)15-3-4-15/h5-7,9,11-12,15,20H,2-4,8,10,14H2,1H3,(H,28,29,32)/t20-/m0/s1. The molecule has 1 atom stereocenters. The normalized spacial score (nSPS) is 19.5. The fourth-order valence-electron chi connectivity index (χ4n) is 3.81. The Balaban J connectivity index is 1.50. The van der Waals surface area contributed by atoms with Crippen LogP contribution in [-0.4, -0.2) is 46.8 Å². The molecule has 9 heteroatoms. The fourth-order valence-corrected chi connectivity index (χ4v) is 3.81. The highest BCUT2D eigenvalue weighted by molar-refractivity contribution is 5.93. The predicted molar refractivity (Wildman–Crippen MR) is 117 cm³/mol. The van der Waals surface area contributed by atoms with Gasteiger partial charge in [0.05, 0.1) is 12.1 Å². The van der Waals surface area contributed by atoms with Crippen molar-refractivity contribution in [2.75, 3.05) is 18.4 Å². The monoisotopic (exact) mass is 454 g/mol. The van der Waals surface area contributed by atoms with Crippen molar-refractivity contribution in [3.8, 4) is 22.9 Å².